The van der Waals surface area contributed by atoms with Crippen molar-refractivity contribution in [3.8, 4) is 0 Å². The first-order chi connectivity index (χ1) is 14.2. The molecule has 1 atom stereocenters. The van der Waals surface area contributed by atoms with Crippen LogP contribution in [-0.2, 0) is 16.9 Å². The highest BCUT2D eigenvalue weighted by molar-refractivity contribution is 6.08. The number of halogens is 3. The molecule has 0 bridgehead atoms. The lowest BCUT2D eigenvalue weighted by Gasteiger charge is -2.30. The molecule has 0 aromatic heterocycles. The average Bonchev–Trinajstić information content (AvgIpc) is 3.50. The number of carbonyl (C=O) groups is 2. The molecule has 2 aromatic rings. The number of rotatable bonds is 6. The number of aryl methyl sites for hydroxylation is 1. The topological polar surface area (TPSA) is 52.6 Å². The van der Waals surface area contributed by atoms with Gasteiger partial charge >= 0.3 is 12.2 Å². The first kappa shape index (κ1) is 20.4. The fourth-order valence-corrected chi connectivity index (χ4v) is 3.90. The van der Waals surface area contributed by atoms with Crippen LogP contribution >= 0.6 is 0 Å². The zero-order valence-corrected chi connectivity index (χ0v) is 16.4. The van der Waals surface area contributed by atoms with Crippen LogP contribution < -0.4 is 5.32 Å². The van der Waals surface area contributed by atoms with Gasteiger partial charge in [0, 0.05) is 12.6 Å². The summed E-state index contributed by atoms with van der Waals surface area (Å²) in [5, 5.41) is 1.95. The van der Waals surface area contributed by atoms with Crippen molar-refractivity contribution in [3.05, 3.63) is 71.3 Å². The third-order valence-corrected chi connectivity index (χ3v) is 5.59. The Labute approximate surface area is 172 Å². The number of benzene rings is 2. The molecule has 1 saturated carbocycles. The molecule has 0 spiro atoms. The first-order valence-electron chi connectivity index (χ1n) is 9.78. The third-order valence-electron chi connectivity index (χ3n) is 5.59. The minimum Gasteiger partial charge on any atom is -0.312 e. The van der Waals surface area contributed by atoms with E-state index < -0.39 is 23.7 Å². The molecular formula is C22H22F3N3O2. The van der Waals surface area contributed by atoms with Gasteiger partial charge < -0.3 is 5.32 Å². The SMILES string of the molecule is Cc1cccc(CN(CN2C(=O)NC(c3ccccc3)(C(F)(F)F)C2=O)C2CC2)c1. The summed E-state index contributed by atoms with van der Waals surface area (Å²) in [6.45, 7) is 2.22. The highest BCUT2D eigenvalue weighted by Gasteiger charge is 2.68. The van der Waals surface area contributed by atoms with Crippen LogP contribution in [0.15, 0.2) is 54.6 Å². The number of hydrogen-bond donors (Lipinski definition) is 1. The standard InChI is InChI=1S/C22H22F3N3O2/c1-15-6-5-7-16(12-15)13-27(18-10-11-18)14-28-19(29)21(22(23,24)25,26-20(28)30)17-8-3-2-4-9-17/h2-9,12,18H,10-11,13-14H2,1H3,(H,26,30). The molecule has 2 fully saturated rings. The van der Waals surface area contributed by atoms with E-state index in [1.54, 1.807) is 6.07 Å². The molecule has 2 aliphatic rings. The Hall–Kier alpha value is -2.87. The molecule has 8 heteroatoms. The van der Waals surface area contributed by atoms with Gasteiger partial charge in [0.1, 0.15) is 0 Å². The fraction of sp³-hybridized carbons (Fsp3) is 0.364. The van der Waals surface area contributed by atoms with Crippen LogP contribution in [-0.4, -0.2) is 40.6 Å². The minimum atomic E-state index is -4.98. The maximum absolute atomic E-state index is 14.1. The van der Waals surface area contributed by atoms with E-state index >= 15 is 0 Å². The summed E-state index contributed by atoms with van der Waals surface area (Å²) in [6.07, 6.45) is -3.20. The second-order valence-electron chi connectivity index (χ2n) is 7.89. The van der Waals surface area contributed by atoms with Gasteiger partial charge in [0.2, 0.25) is 5.54 Å². The van der Waals surface area contributed by atoms with Gasteiger partial charge in [-0.3, -0.25) is 9.69 Å². The van der Waals surface area contributed by atoms with Gasteiger partial charge in [0.15, 0.2) is 0 Å². The first-order valence-corrected chi connectivity index (χ1v) is 9.78. The van der Waals surface area contributed by atoms with E-state index in [0.29, 0.717) is 11.4 Å². The van der Waals surface area contributed by atoms with Crippen molar-refractivity contribution >= 4 is 11.9 Å². The van der Waals surface area contributed by atoms with Crippen molar-refractivity contribution in [1.29, 1.82) is 0 Å². The molecule has 0 radical (unpaired) electrons. The Bertz CT molecular complexity index is 960. The van der Waals surface area contributed by atoms with Crippen LogP contribution in [0.1, 0.15) is 29.5 Å². The van der Waals surface area contributed by atoms with Gasteiger partial charge in [0.25, 0.3) is 5.91 Å². The van der Waals surface area contributed by atoms with E-state index in [-0.39, 0.29) is 18.3 Å². The van der Waals surface area contributed by atoms with Gasteiger partial charge in [-0.25, -0.2) is 9.69 Å². The quantitative estimate of drug-likeness (QED) is 0.725. The number of amides is 3. The van der Waals surface area contributed by atoms with E-state index in [2.05, 4.69) is 0 Å². The van der Waals surface area contributed by atoms with E-state index in [1.165, 1.54) is 24.3 Å². The number of urea groups is 1. The predicted molar refractivity (Wildman–Crippen MR) is 104 cm³/mol. The molecule has 1 heterocycles. The van der Waals surface area contributed by atoms with E-state index in [1.807, 2.05) is 41.4 Å². The molecule has 4 rings (SSSR count). The Morgan fingerprint density at radius 2 is 1.80 bits per heavy atom. The van der Waals surface area contributed by atoms with Crippen molar-refractivity contribution in [2.45, 2.75) is 44.1 Å². The van der Waals surface area contributed by atoms with Crippen molar-refractivity contribution in [1.82, 2.24) is 15.1 Å². The maximum atomic E-state index is 14.1. The minimum absolute atomic E-state index is 0.142. The van der Waals surface area contributed by atoms with Gasteiger partial charge in [-0.2, -0.15) is 13.2 Å². The largest absolute Gasteiger partial charge is 0.425 e. The molecule has 158 valence electrons. The molecule has 3 amide bonds. The predicted octanol–water partition coefficient (Wildman–Crippen LogP) is 3.93. The lowest BCUT2D eigenvalue weighted by Crippen LogP contribution is -2.56. The summed E-state index contributed by atoms with van der Waals surface area (Å²) in [5.41, 5.74) is -1.31. The number of imide groups is 1. The normalized spacial score (nSPS) is 22.0. The number of nitrogens with zero attached hydrogens (tertiary/aromatic N) is 2. The molecule has 1 saturated heterocycles. The number of alkyl halides is 3. The number of carbonyl (C=O) groups excluding carboxylic acids is 2. The Kier molecular flexibility index (Phi) is 5.05. The van der Waals surface area contributed by atoms with Crippen molar-refractivity contribution < 1.29 is 22.8 Å². The van der Waals surface area contributed by atoms with Crippen molar-refractivity contribution in [2.24, 2.45) is 0 Å². The van der Waals surface area contributed by atoms with E-state index in [9.17, 15) is 22.8 Å². The van der Waals surface area contributed by atoms with E-state index in [0.717, 1.165) is 24.0 Å². The highest BCUT2D eigenvalue weighted by atomic mass is 19.4. The van der Waals surface area contributed by atoms with Crippen molar-refractivity contribution in [3.63, 3.8) is 0 Å². The zero-order chi connectivity index (χ0) is 21.5. The molecule has 2 aromatic carbocycles. The molecule has 1 aliphatic carbocycles. The summed E-state index contributed by atoms with van der Waals surface area (Å²) in [7, 11) is 0. The van der Waals surface area contributed by atoms with Crippen LogP contribution in [0.2, 0.25) is 0 Å². The van der Waals surface area contributed by atoms with Gasteiger partial charge in [0.05, 0.1) is 6.67 Å². The lowest BCUT2D eigenvalue weighted by atomic mass is 9.89. The summed E-state index contributed by atoms with van der Waals surface area (Å²) in [4.78, 5) is 28.2. The molecule has 30 heavy (non-hydrogen) atoms. The van der Waals surface area contributed by atoms with Crippen LogP contribution in [0.3, 0.4) is 0 Å². The molecule has 1 N–H and O–H groups in total. The fourth-order valence-electron chi connectivity index (χ4n) is 3.90. The highest BCUT2D eigenvalue weighted by Crippen LogP contribution is 2.43. The molecular weight excluding hydrogens is 395 g/mol. The summed E-state index contributed by atoms with van der Waals surface area (Å²) in [5.74, 6) is -1.29. The molecule has 1 unspecified atom stereocenters. The summed E-state index contributed by atoms with van der Waals surface area (Å²) in [6, 6.07) is 13.7. The smallest absolute Gasteiger partial charge is 0.312 e. The van der Waals surface area contributed by atoms with Crippen LogP contribution in [0.4, 0.5) is 18.0 Å². The number of hydrogen-bond acceptors (Lipinski definition) is 3. The van der Waals surface area contributed by atoms with E-state index in [4.69, 9.17) is 0 Å². The Morgan fingerprint density at radius 3 is 2.40 bits per heavy atom. The van der Waals surface area contributed by atoms with Crippen molar-refractivity contribution in [2.75, 3.05) is 6.67 Å². The second-order valence-corrected chi connectivity index (χ2v) is 7.89. The lowest BCUT2D eigenvalue weighted by molar-refractivity contribution is -0.198. The molecule has 5 nitrogen and oxygen atoms in total. The summed E-state index contributed by atoms with van der Waals surface area (Å²) < 4.78 is 42.4. The third kappa shape index (κ3) is 3.56. The summed E-state index contributed by atoms with van der Waals surface area (Å²) >= 11 is 0. The van der Waals surface area contributed by atoms with Gasteiger partial charge in [-0.05, 0) is 30.9 Å². The van der Waals surface area contributed by atoms with Crippen LogP contribution in [0.5, 0.6) is 0 Å². The maximum Gasteiger partial charge on any atom is 0.425 e. The van der Waals surface area contributed by atoms with Gasteiger partial charge in [-0.15, -0.1) is 0 Å². The number of nitrogens with one attached hydrogen (secondary N) is 1. The Morgan fingerprint density at radius 1 is 1.10 bits per heavy atom. The monoisotopic (exact) mass is 417 g/mol. The molecule has 1 aliphatic heterocycles. The average molecular weight is 417 g/mol. The Balaban J connectivity index is 1.62. The van der Waals surface area contributed by atoms with Crippen LogP contribution in [0.25, 0.3) is 0 Å². The van der Waals surface area contributed by atoms with Gasteiger partial charge in [-0.1, -0.05) is 60.2 Å². The second kappa shape index (κ2) is 7.43. The zero-order valence-electron chi connectivity index (χ0n) is 16.4. The van der Waals surface area contributed by atoms with Crippen LogP contribution in [0, 0.1) is 6.92 Å².